The van der Waals surface area contributed by atoms with E-state index in [0.29, 0.717) is 12.3 Å². The molecule has 0 aliphatic rings. The molecule has 0 spiro atoms. The summed E-state index contributed by atoms with van der Waals surface area (Å²) in [6, 6.07) is 9.49. The van der Waals surface area contributed by atoms with Gasteiger partial charge in [0.15, 0.2) is 5.96 Å². The van der Waals surface area contributed by atoms with E-state index in [4.69, 9.17) is 0 Å². The lowest BCUT2D eigenvalue weighted by Gasteiger charge is -2.11. The molecule has 0 aliphatic heterocycles. The summed E-state index contributed by atoms with van der Waals surface area (Å²) in [7, 11) is 0. The van der Waals surface area contributed by atoms with Gasteiger partial charge in [0.1, 0.15) is 5.75 Å². The molecular weight excluding hydrogens is 294 g/mol. The Morgan fingerprint density at radius 1 is 1.14 bits per heavy atom. The molecule has 1 aromatic carbocycles. The summed E-state index contributed by atoms with van der Waals surface area (Å²) in [6.45, 7) is 4.50. The number of nitrogens with zero attached hydrogens (tertiary/aromatic N) is 1. The van der Waals surface area contributed by atoms with Gasteiger partial charge >= 0.3 is 0 Å². The Morgan fingerprint density at radius 2 is 1.95 bits per heavy atom. The number of guanidine groups is 1. The second kappa shape index (κ2) is 9.10. The standard InChI is InChI=1S/C17H23N3OS/c1-2-18-17(20-12-15-9-11-22-13-15)19-10-3-4-14-5-7-16(21)8-6-14/h5-9,11,13,21H,2-4,10,12H2,1H3,(H2,18,19,20). The molecule has 1 aromatic heterocycles. The van der Waals surface area contributed by atoms with Crippen molar-refractivity contribution in [2.75, 3.05) is 13.1 Å². The Bertz CT molecular complexity index is 564. The zero-order valence-corrected chi connectivity index (χ0v) is 13.7. The smallest absolute Gasteiger partial charge is 0.191 e. The minimum atomic E-state index is 0.317. The van der Waals surface area contributed by atoms with Crippen molar-refractivity contribution < 1.29 is 5.11 Å². The Kier molecular flexibility index (Phi) is 6.77. The lowest BCUT2D eigenvalue weighted by molar-refractivity contribution is 0.475. The van der Waals surface area contributed by atoms with Crippen molar-refractivity contribution in [3.8, 4) is 5.75 Å². The first kappa shape index (κ1) is 16.4. The summed E-state index contributed by atoms with van der Waals surface area (Å²) in [4.78, 5) is 4.58. The number of phenols is 1. The van der Waals surface area contributed by atoms with Crippen LogP contribution in [0.1, 0.15) is 24.5 Å². The molecule has 3 N–H and O–H groups in total. The van der Waals surface area contributed by atoms with Gasteiger partial charge in [-0.1, -0.05) is 12.1 Å². The number of hydrogen-bond donors (Lipinski definition) is 3. The van der Waals surface area contributed by atoms with Gasteiger partial charge in [-0.05, 0) is 59.9 Å². The Hall–Kier alpha value is -2.01. The Labute approximate surface area is 135 Å². The van der Waals surface area contributed by atoms with Crippen LogP contribution in [0.2, 0.25) is 0 Å². The zero-order valence-electron chi connectivity index (χ0n) is 12.9. The van der Waals surface area contributed by atoms with Gasteiger partial charge in [0.05, 0.1) is 6.54 Å². The van der Waals surface area contributed by atoms with Gasteiger partial charge in [-0.25, -0.2) is 4.99 Å². The summed E-state index contributed by atoms with van der Waals surface area (Å²) in [5, 5.41) is 20.1. The fourth-order valence-electron chi connectivity index (χ4n) is 2.06. The summed E-state index contributed by atoms with van der Waals surface area (Å²) in [6.07, 6.45) is 2.00. The molecule has 0 saturated heterocycles. The molecule has 118 valence electrons. The van der Waals surface area contributed by atoms with Crippen molar-refractivity contribution in [3.05, 3.63) is 52.2 Å². The Balaban J connectivity index is 1.74. The van der Waals surface area contributed by atoms with E-state index in [0.717, 1.165) is 31.9 Å². The number of hydrogen-bond acceptors (Lipinski definition) is 3. The topological polar surface area (TPSA) is 56.7 Å². The number of nitrogens with one attached hydrogen (secondary N) is 2. The summed E-state index contributed by atoms with van der Waals surface area (Å²) in [5.41, 5.74) is 2.48. The second-order valence-corrected chi connectivity index (χ2v) is 5.80. The highest BCUT2D eigenvalue weighted by Gasteiger charge is 1.99. The average Bonchev–Trinajstić information content (AvgIpc) is 3.04. The quantitative estimate of drug-likeness (QED) is 0.418. The molecule has 0 unspecified atom stereocenters. The van der Waals surface area contributed by atoms with Gasteiger partial charge in [0.25, 0.3) is 0 Å². The largest absolute Gasteiger partial charge is 0.508 e. The highest BCUT2D eigenvalue weighted by Crippen LogP contribution is 2.10. The molecular formula is C17H23N3OS. The molecule has 22 heavy (non-hydrogen) atoms. The monoisotopic (exact) mass is 317 g/mol. The van der Waals surface area contributed by atoms with Crippen LogP contribution in [-0.4, -0.2) is 24.2 Å². The maximum atomic E-state index is 9.26. The van der Waals surface area contributed by atoms with E-state index in [1.807, 2.05) is 12.1 Å². The predicted molar refractivity (Wildman–Crippen MR) is 93.6 cm³/mol. The second-order valence-electron chi connectivity index (χ2n) is 5.02. The summed E-state index contributed by atoms with van der Waals surface area (Å²) in [5.74, 6) is 1.18. The minimum Gasteiger partial charge on any atom is -0.508 e. The molecule has 0 amide bonds. The Morgan fingerprint density at radius 3 is 2.64 bits per heavy atom. The third-order valence-electron chi connectivity index (χ3n) is 3.22. The predicted octanol–water partition coefficient (Wildman–Crippen LogP) is 3.14. The van der Waals surface area contributed by atoms with Crippen molar-refractivity contribution in [1.82, 2.24) is 10.6 Å². The summed E-state index contributed by atoms with van der Waals surface area (Å²) >= 11 is 1.70. The van der Waals surface area contributed by atoms with Crippen LogP contribution >= 0.6 is 11.3 Å². The molecule has 2 rings (SSSR count). The van der Waals surface area contributed by atoms with E-state index >= 15 is 0 Å². The number of aliphatic imine (C=N–C) groups is 1. The third-order valence-corrected chi connectivity index (χ3v) is 3.95. The lowest BCUT2D eigenvalue weighted by atomic mass is 10.1. The minimum absolute atomic E-state index is 0.317. The van der Waals surface area contributed by atoms with Crippen LogP contribution in [0.3, 0.4) is 0 Å². The summed E-state index contributed by atoms with van der Waals surface area (Å²) < 4.78 is 0. The van der Waals surface area contributed by atoms with Gasteiger partial charge in [0, 0.05) is 13.1 Å². The number of thiophene rings is 1. The molecule has 2 aromatic rings. The van der Waals surface area contributed by atoms with E-state index in [2.05, 4.69) is 39.4 Å². The van der Waals surface area contributed by atoms with Crippen LogP contribution in [-0.2, 0) is 13.0 Å². The molecule has 0 atom stereocenters. The van der Waals surface area contributed by atoms with Crippen LogP contribution in [0.15, 0.2) is 46.1 Å². The maximum Gasteiger partial charge on any atom is 0.191 e. The molecule has 0 saturated carbocycles. The van der Waals surface area contributed by atoms with E-state index in [1.165, 1.54) is 11.1 Å². The third kappa shape index (κ3) is 5.77. The SMILES string of the molecule is CCNC(=NCc1ccsc1)NCCCc1ccc(O)cc1. The van der Waals surface area contributed by atoms with Crippen LogP contribution in [0, 0.1) is 0 Å². The van der Waals surface area contributed by atoms with Crippen LogP contribution in [0.5, 0.6) is 5.75 Å². The first-order chi connectivity index (χ1) is 10.8. The van der Waals surface area contributed by atoms with Crippen molar-refractivity contribution in [2.45, 2.75) is 26.3 Å². The maximum absolute atomic E-state index is 9.26. The molecule has 5 heteroatoms. The average molecular weight is 317 g/mol. The van der Waals surface area contributed by atoms with E-state index in [1.54, 1.807) is 23.5 Å². The van der Waals surface area contributed by atoms with Crippen LogP contribution < -0.4 is 10.6 Å². The van der Waals surface area contributed by atoms with Crippen molar-refractivity contribution in [3.63, 3.8) is 0 Å². The molecule has 0 bridgehead atoms. The first-order valence-electron chi connectivity index (χ1n) is 7.59. The van der Waals surface area contributed by atoms with Gasteiger partial charge < -0.3 is 15.7 Å². The number of benzene rings is 1. The number of aryl methyl sites for hydroxylation is 1. The molecule has 0 fully saturated rings. The zero-order chi connectivity index (χ0) is 15.6. The number of aromatic hydroxyl groups is 1. The van der Waals surface area contributed by atoms with E-state index in [9.17, 15) is 5.11 Å². The van der Waals surface area contributed by atoms with Gasteiger partial charge in [-0.2, -0.15) is 11.3 Å². The normalized spacial score (nSPS) is 11.4. The van der Waals surface area contributed by atoms with Crippen molar-refractivity contribution >= 4 is 17.3 Å². The van der Waals surface area contributed by atoms with Crippen LogP contribution in [0.25, 0.3) is 0 Å². The molecule has 4 nitrogen and oxygen atoms in total. The van der Waals surface area contributed by atoms with E-state index < -0.39 is 0 Å². The molecule has 1 heterocycles. The fourth-order valence-corrected chi connectivity index (χ4v) is 2.72. The van der Waals surface area contributed by atoms with Gasteiger partial charge in [0.2, 0.25) is 0 Å². The number of phenolic OH excluding ortho intramolecular Hbond substituents is 1. The molecule has 0 aliphatic carbocycles. The highest BCUT2D eigenvalue weighted by molar-refractivity contribution is 7.07. The van der Waals surface area contributed by atoms with Crippen LogP contribution in [0.4, 0.5) is 0 Å². The van der Waals surface area contributed by atoms with Gasteiger partial charge in [-0.3, -0.25) is 0 Å². The lowest BCUT2D eigenvalue weighted by Crippen LogP contribution is -2.37. The van der Waals surface area contributed by atoms with Gasteiger partial charge in [-0.15, -0.1) is 0 Å². The highest BCUT2D eigenvalue weighted by atomic mass is 32.1. The molecule has 0 radical (unpaired) electrons. The first-order valence-corrected chi connectivity index (χ1v) is 8.53. The number of rotatable bonds is 7. The van der Waals surface area contributed by atoms with E-state index in [-0.39, 0.29) is 0 Å². The fraction of sp³-hybridized carbons (Fsp3) is 0.353. The van der Waals surface area contributed by atoms with Crippen molar-refractivity contribution in [1.29, 1.82) is 0 Å². The van der Waals surface area contributed by atoms with Crippen molar-refractivity contribution in [2.24, 2.45) is 4.99 Å².